The quantitative estimate of drug-likeness (QED) is 0.238. The molecule has 1 N–H and O–H groups in total. The molecule has 1 atom stereocenters. The zero-order chi connectivity index (χ0) is 29.4. The molecule has 214 valence electrons. The minimum absolute atomic E-state index is 0.0119. The molecule has 3 aromatic rings. The summed E-state index contributed by atoms with van der Waals surface area (Å²) in [5, 5.41) is 3.67. The smallest absolute Gasteiger partial charge is 0.264 e. The zero-order valence-electron chi connectivity index (χ0n) is 22.5. The van der Waals surface area contributed by atoms with Crippen LogP contribution in [0.25, 0.3) is 0 Å². The third-order valence-electron chi connectivity index (χ3n) is 6.15. The Kier molecular flexibility index (Phi) is 11.5. The molecule has 0 aliphatic rings. The highest BCUT2D eigenvalue weighted by molar-refractivity contribution is 9.10. The lowest BCUT2D eigenvalue weighted by Gasteiger charge is -2.33. The van der Waals surface area contributed by atoms with Gasteiger partial charge in [0.25, 0.3) is 10.0 Å². The number of sulfonamides is 1. The Labute approximate surface area is 254 Å². The SMILES string of the molecule is CC[C@@H](C(=O)NCC(C)C)N(Cc1ccc(Cl)cc1Cl)C(=O)CN(c1ccc(Br)cc1)S(=O)(=O)c1ccccc1. The van der Waals surface area contributed by atoms with Crippen molar-refractivity contribution in [1.29, 1.82) is 0 Å². The molecule has 0 radical (unpaired) electrons. The summed E-state index contributed by atoms with van der Waals surface area (Å²) in [7, 11) is -4.13. The minimum atomic E-state index is -4.13. The molecule has 0 unspecified atom stereocenters. The molecular weight excluding hydrogens is 637 g/mol. The summed E-state index contributed by atoms with van der Waals surface area (Å²) in [6, 6.07) is 18.6. The number of benzene rings is 3. The van der Waals surface area contributed by atoms with Crippen molar-refractivity contribution >= 4 is 66.7 Å². The maximum absolute atomic E-state index is 14.1. The molecule has 0 spiro atoms. The van der Waals surface area contributed by atoms with Crippen LogP contribution in [0.3, 0.4) is 0 Å². The van der Waals surface area contributed by atoms with Gasteiger partial charge in [0, 0.05) is 27.6 Å². The maximum atomic E-state index is 14.1. The number of nitrogens with one attached hydrogen (secondary N) is 1. The van der Waals surface area contributed by atoms with Gasteiger partial charge in [-0.05, 0) is 66.4 Å². The van der Waals surface area contributed by atoms with Gasteiger partial charge >= 0.3 is 0 Å². The standard InChI is InChI=1S/C29H32BrCl2N3O4S/c1-4-27(29(37)33-17-20(2)3)34(18-21-10-13-23(31)16-26(21)32)28(36)19-35(24-14-11-22(30)12-15-24)40(38,39)25-8-6-5-7-9-25/h5-16,20,27H,4,17-19H2,1-3H3,(H,33,37)/t27-/m0/s1. The van der Waals surface area contributed by atoms with Crippen LogP contribution in [0.2, 0.25) is 10.0 Å². The molecule has 0 fully saturated rings. The second-order valence-corrected chi connectivity index (χ2v) is 13.2. The van der Waals surface area contributed by atoms with E-state index in [-0.39, 0.29) is 23.3 Å². The van der Waals surface area contributed by atoms with Gasteiger partial charge in [-0.1, -0.05) is 84.2 Å². The number of anilines is 1. The van der Waals surface area contributed by atoms with E-state index in [1.807, 2.05) is 13.8 Å². The van der Waals surface area contributed by atoms with Gasteiger partial charge in [-0.2, -0.15) is 0 Å². The number of carbonyl (C=O) groups excluding carboxylic acids is 2. The monoisotopic (exact) mass is 667 g/mol. The van der Waals surface area contributed by atoms with E-state index in [1.165, 1.54) is 17.0 Å². The van der Waals surface area contributed by atoms with Gasteiger partial charge in [-0.15, -0.1) is 0 Å². The Morgan fingerprint density at radius 2 is 1.62 bits per heavy atom. The van der Waals surface area contributed by atoms with Crippen LogP contribution in [0.4, 0.5) is 5.69 Å². The lowest BCUT2D eigenvalue weighted by atomic mass is 10.1. The van der Waals surface area contributed by atoms with E-state index in [0.29, 0.717) is 34.3 Å². The average Bonchev–Trinajstić information content (AvgIpc) is 2.92. The molecule has 0 saturated heterocycles. The van der Waals surface area contributed by atoms with Gasteiger partial charge in [-0.3, -0.25) is 13.9 Å². The predicted octanol–water partition coefficient (Wildman–Crippen LogP) is 6.53. The Balaban J connectivity index is 2.05. The van der Waals surface area contributed by atoms with Gasteiger partial charge in [0.15, 0.2) is 0 Å². The average molecular weight is 669 g/mol. The molecule has 11 heteroatoms. The summed E-state index contributed by atoms with van der Waals surface area (Å²) in [6.45, 7) is 5.65. The number of hydrogen-bond acceptors (Lipinski definition) is 4. The highest BCUT2D eigenvalue weighted by Crippen LogP contribution is 2.27. The van der Waals surface area contributed by atoms with E-state index < -0.39 is 28.5 Å². The maximum Gasteiger partial charge on any atom is 0.264 e. The highest BCUT2D eigenvalue weighted by Gasteiger charge is 2.34. The molecule has 3 rings (SSSR count). The third-order valence-corrected chi connectivity index (χ3v) is 9.05. The summed E-state index contributed by atoms with van der Waals surface area (Å²) in [5.74, 6) is -0.670. The molecule has 0 saturated carbocycles. The van der Waals surface area contributed by atoms with E-state index in [9.17, 15) is 18.0 Å². The van der Waals surface area contributed by atoms with Crippen molar-refractivity contribution in [3.63, 3.8) is 0 Å². The van der Waals surface area contributed by atoms with Gasteiger partial charge in [0.05, 0.1) is 10.6 Å². The number of rotatable bonds is 12. The normalized spacial score (nSPS) is 12.2. The highest BCUT2D eigenvalue weighted by atomic mass is 79.9. The molecule has 7 nitrogen and oxygen atoms in total. The van der Waals surface area contributed by atoms with Crippen LogP contribution in [0, 0.1) is 5.92 Å². The summed E-state index contributed by atoms with van der Waals surface area (Å²) in [6.07, 6.45) is 0.310. The molecule has 0 aromatic heterocycles. The van der Waals surface area contributed by atoms with Crippen LogP contribution >= 0.6 is 39.1 Å². The van der Waals surface area contributed by atoms with Crippen molar-refractivity contribution in [2.75, 3.05) is 17.4 Å². The van der Waals surface area contributed by atoms with Crippen molar-refractivity contribution in [3.8, 4) is 0 Å². The summed E-state index contributed by atoms with van der Waals surface area (Å²) < 4.78 is 29.4. The van der Waals surface area contributed by atoms with Crippen molar-refractivity contribution in [2.24, 2.45) is 5.92 Å². The first-order valence-corrected chi connectivity index (χ1v) is 15.8. The first kappa shape index (κ1) is 31.9. The predicted molar refractivity (Wildman–Crippen MR) is 164 cm³/mol. The van der Waals surface area contributed by atoms with E-state index in [0.717, 1.165) is 8.78 Å². The van der Waals surface area contributed by atoms with Crippen molar-refractivity contribution in [1.82, 2.24) is 10.2 Å². The second kappa shape index (κ2) is 14.3. The van der Waals surface area contributed by atoms with Gasteiger partial charge < -0.3 is 10.2 Å². The molecule has 3 aromatic carbocycles. The third kappa shape index (κ3) is 8.22. The van der Waals surface area contributed by atoms with Crippen molar-refractivity contribution in [3.05, 3.63) is 92.9 Å². The van der Waals surface area contributed by atoms with Crippen molar-refractivity contribution in [2.45, 2.75) is 44.7 Å². The number of halogens is 3. The van der Waals surface area contributed by atoms with E-state index in [4.69, 9.17) is 23.2 Å². The van der Waals surface area contributed by atoms with E-state index in [2.05, 4.69) is 21.2 Å². The summed E-state index contributed by atoms with van der Waals surface area (Å²) in [5.41, 5.74) is 0.887. The van der Waals surface area contributed by atoms with Crippen molar-refractivity contribution < 1.29 is 18.0 Å². The first-order chi connectivity index (χ1) is 18.9. The van der Waals surface area contributed by atoms with Crippen LogP contribution in [0.15, 0.2) is 82.2 Å². The molecular formula is C29H32BrCl2N3O4S. The van der Waals surface area contributed by atoms with Crippen LogP contribution in [0.1, 0.15) is 32.8 Å². The molecule has 40 heavy (non-hydrogen) atoms. The zero-order valence-corrected chi connectivity index (χ0v) is 26.4. The molecule has 0 aliphatic carbocycles. The topological polar surface area (TPSA) is 86.8 Å². The van der Waals surface area contributed by atoms with Crippen LogP contribution in [0.5, 0.6) is 0 Å². The fourth-order valence-electron chi connectivity index (χ4n) is 4.03. The number of carbonyl (C=O) groups is 2. The molecule has 0 aliphatic heterocycles. The Bertz CT molecular complexity index is 1420. The van der Waals surface area contributed by atoms with E-state index in [1.54, 1.807) is 67.6 Å². The van der Waals surface area contributed by atoms with Crippen LogP contribution in [-0.2, 0) is 26.2 Å². The van der Waals surface area contributed by atoms with Crippen LogP contribution in [-0.4, -0.2) is 44.3 Å². The molecule has 0 heterocycles. The number of nitrogens with zero attached hydrogens (tertiary/aromatic N) is 2. The molecule has 0 bridgehead atoms. The summed E-state index contributed by atoms with van der Waals surface area (Å²) >= 11 is 15.9. The number of amides is 2. The van der Waals surface area contributed by atoms with Gasteiger partial charge in [0.1, 0.15) is 12.6 Å². The Morgan fingerprint density at radius 1 is 0.975 bits per heavy atom. The van der Waals surface area contributed by atoms with Crippen LogP contribution < -0.4 is 9.62 Å². The van der Waals surface area contributed by atoms with Gasteiger partial charge in [0.2, 0.25) is 11.8 Å². The fourth-order valence-corrected chi connectivity index (χ4v) is 6.20. The summed E-state index contributed by atoms with van der Waals surface area (Å²) in [4.78, 5) is 28.8. The number of hydrogen-bond donors (Lipinski definition) is 1. The molecule has 2 amide bonds. The van der Waals surface area contributed by atoms with Gasteiger partial charge in [-0.25, -0.2) is 8.42 Å². The Morgan fingerprint density at radius 3 is 2.20 bits per heavy atom. The lowest BCUT2D eigenvalue weighted by Crippen LogP contribution is -2.52. The minimum Gasteiger partial charge on any atom is -0.354 e. The Hall–Kier alpha value is -2.59. The largest absolute Gasteiger partial charge is 0.354 e. The van der Waals surface area contributed by atoms with E-state index >= 15 is 0 Å². The lowest BCUT2D eigenvalue weighted by molar-refractivity contribution is -0.140. The fraction of sp³-hybridized carbons (Fsp3) is 0.310. The second-order valence-electron chi connectivity index (χ2n) is 9.62. The first-order valence-electron chi connectivity index (χ1n) is 12.8.